The van der Waals surface area contributed by atoms with E-state index in [4.69, 9.17) is 17.3 Å². The van der Waals surface area contributed by atoms with E-state index in [1.807, 2.05) is 37.2 Å². The number of hydrogen-bond donors (Lipinski definition) is 2. The van der Waals surface area contributed by atoms with Gasteiger partial charge in [-0.05, 0) is 50.6 Å². The normalized spacial score (nSPS) is 17.9. The largest absolute Gasteiger partial charge is 0.353 e. The van der Waals surface area contributed by atoms with E-state index in [0.29, 0.717) is 17.5 Å². The van der Waals surface area contributed by atoms with E-state index in [2.05, 4.69) is 5.32 Å². The van der Waals surface area contributed by atoms with Crippen LogP contribution in [-0.4, -0.2) is 37.5 Å². The van der Waals surface area contributed by atoms with Crippen molar-refractivity contribution in [3.05, 3.63) is 34.9 Å². The van der Waals surface area contributed by atoms with Crippen molar-refractivity contribution < 1.29 is 4.79 Å². The highest BCUT2D eigenvalue weighted by Crippen LogP contribution is 2.31. The van der Waals surface area contributed by atoms with Crippen LogP contribution in [0.3, 0.4) is 0 Å². The van der Waals surface area contributed by atoms with E-state index < -0.39 is 0 Å². The average molecular weight is 296 g/mol. The van der Waals surface area contributed by atoms with Crippen molar-refractivity contribution in [2.24, 2.45) is 11.7 Å². The maximum Gasteiger partial charge on any atom is 0.241 e. The van der Waals surface area contributed by atoms with Crippen LogP contribution in [0.5, 0.6) is 0 Å². The predicted molar refractivity (Wildman–Crippen MR) is 81.6 cm³/mol. The third kappa shape index (κ3) is 3.95. The van der Waals surface area contributed by atoms with Gasteiger partial charge in [0, 0.05) is 17.6 Å². The molecular formula is C15H22ClN3O. The highest BCUT2D eigenvalue weighted by molar-refractivity contribution is 6.30. The summed E-state index contributed by atoms with van der Waals surface area (Å²) >= 11 is 6.01. The van der Waals surface area contributed by atoms with Crippen LogP contribution in [0.4, 0.5) is 0 Å². The zero-order valence-corrected chi connectivity index (χ0v) is 12.7. The minimum absolute atomic E-state index is 0.0339. The lowest BCUT2D eigenvalue weighted by atomic mass is 10.0. The molecule has 1 aliphatic carbocycles. The summed E-state index contributed by atoms with van der Waals surface area (Å²) in [5.74, 6) is 0.549. The quantitative estimate of drug-likeness (QED) is 0.841. The molecule has 20 heavy (non-hydrogen) atoms. The van der Waals surface area contributed by atoms with E-state index >= 15 is 0 Å². The molecule has 1 fully saturated rings. The molecule has 2 atom stereocenters. The maximum absolute atomic E-state index is 12.4. The SMILES string of the molecule is CN(C)C(C(=O)NCC(N)C1CC1)c1cccc(Cl)c1. The Bertz CT molecular complexity index is 474. The number of carbonyl (C=O) groups is 1. The molecule has 1 aliphatic rings. The predicted octanol–water partition coefficient (Wildman–Crippen LogP) is 1.80. The minimum atomic E-state index is -0.347. The molecule has 0 saturated heterocycles. The van der Waals surface area contributed by atoms with Crippen LogP contribution in [0.2, 0.25) is 5.02 Å². The van der Waals surface area contributed by atoms with Crippen LogP contribution in [-0.2, 0) is 4.79 Å². The van der Waals surface area contributed by atoms with Gasteiger partial charge in [0.05, 0.1) is 0 Å². The Kier molecular flexibility index (Phi) is 5.02. The van der Waals surface area contributed by atoms with E-state index in [9.17, 15) is 4.79 Å². The lowest BCUT2D eigenvalue weighted by Gasteiger charge is -2.24. The fraction of sp³-hybridized carbons (Fsp3) is 0.533. The summed E-state index contributed by atoms with van der Waals surface area (Å²) in [6.07, 6.45) is 2.37. The standard InChI is InChI=1S/C15H22ClN3O/c1-19(2)14(11-4-3-5-12(16)8-11)15(20)18-9-13(17)10-6-7-10/h3-5,8,10,13-14H,6-7,9,17H2,1-2H3,(H,18,20). The Hall–Kier alpha value is -1.10. The smallest absolute Gasteiger partial charge is 0.241 e. The van der Waals surface area contributed by atoms with Gasteiger partial charge in [-0.3, -0.25) is 9.69 Å². The molecule has 0 bridgehead atoms. The molecule has 0 heterocycles. The first-order valence-electron chi connectivity index (χ1n) is 6.94. The Labute approximate surface area is 125 Å². The van der Waals surface area contributed by atoms with Gasteiger partial charge in [0.15, 0.2) is 0 Å². The first-order chi connectivity index (χ1) is 9.49. The second kappa shape index (κ2) is 6.57. The highest BCUT2D eigenvalue weighted by atomic mass is 35.5. The van der Waals surface area contributed by atoms with E-state index in [1.54, 1.807) is 6.07 Å². The molecule has 1 saturated carbocycles. The molecular weight excluding hydrogens is 274 g/mol. The van der Waals surface area contributed by atoms with Gasteiger partial charge >= 0.3 is 0 Å². The number of benzene rings is 1. The Morgan fingerprint density at radius 2 is 2.20 bits per heavy atom. The van der Waals surface area contributed by atoms with Gasteiger partial charge < -0.3 is 11.1 Å². The number of nitrogens with two attached hydrogens (primary N) is 1. The number of nitrogens with one attached hydrogen (secondary N) is 1. The fourth-order valence-electron chi connectivity index (χ4n) is 2.37. The van der Waals surface area contributed by atoms with Gasteiger partial charge in [0.25, 0.3) is 0 Å². The van der Waals surface area contributed by atoms with E-state index in [-0.39, 0.29) is 18.0 Å². The molecule has 2 unspecified atom stereocenters. The van der Waals surface area contributed by atoms with Gasteiger partial charge in [-0.1, -0.05) is 23.7 Å². The Morgan fingerprint density at radius 1 is 1.50 bits per heavy atom. The zero-order valence-electron chi connectivity index (χ0n) is 12.0. The lowest BCUT2D eigenvalue weighted by molar-refractivity contribution is -0.125. The molecule has 4 nitrogen and oxygen atoms in total. The van der Waals surface area contributed by atoms with Crippen LogP contribution >= 0.6 is 11.6 Å². The van der Waals surface area contributed by atoms with Gasteiger partial charge in [-0.15, -0.1) is 0 Å². The van der Waals surface area contributed by atoms with Crippen LogP contribution in [0, 0.1) is 5.92 Å². The molecule has 1 amide bonds. The number of hydrogen-bond acceptors (Lipinski definition) is 3. The monoisotopic (exact) mass is 295 g/mol. The van der Waals surface area contributed by atoms with Crippen LogP contribution in [0.25, 0.3) is 0 Å². The molecule has 0 aliphatic heterocycles. The number of nitrogens with zero attached hydrogens (tertiary/aromatic N) is 1. The first-order valence-corrected chi connectivity index (χ1v) is 7.32. The average Bonchev–Trinajstić information content (AvgIpc) is 3.20. The summed E-state index contributed by atoms with van der Waals surface area (Å²) in [4.78, 5) is 14.3. The van der Waals surface area contributed by atoms with Crippen molar-refractivity contribution in [1.82, 2.24) is 10.2 Å². The molecule has 3 N–H and O–H groups in total. The lowest BCUT2D eigenvalue weighted by Crippen LogP contribution is -2.43. The van der Waals surface area contributed by atoms with Gasteiger partial charge in [0.2, 0.25) is 5.91 Å². The highest BCUT2D eigenvalue weighted by Gasteiger charge is 2.30. The van der Waals surface area contributed by atoms with Crippen molar-refractivity contribution in [1.29, 1.82) is 0 Å². The second-order valence-electron chi connectivity index (χ2n) is 5.67. The van der Waals surface area contributed by atoms with Crippen LogP contribution in [0.15, 0.2) is 24.3 Å². The maximum atomic E-state index is 12.4. The summed E-state index contributed by atoms with van der Waals surface area (Å²) in [6.45, 7) is 0.536. The third-order valence-electron chi connectivity index (χ3n) is 3.67. The molecule has 5 heteroatoms. The van der Waals surface area contributed by atoms with Crippen molar-refractivity contribution >= 4 is 17.5 Å². The summed E-state index contributed by atoms with van der Waals surface area (Å²) in [5.41, 5.74) is 6.91. The number of amides is 1. The molecule has 1 aromatic rings. The molecule has 0 aromatic heterocycles. The topological polar surface area (TPSA) is 58.4 Å². The van der Waals surface area contributed by atoms with Gasteiger partial charge in [0.1, 0.15) is 6.04 Å². The third-order valence-corrected chi connectivity index (χ3v) is 3.90. The number of rotatable bonds is 6. The van der Waals surface area contributed by atoms with Gasteiger partial charge in [-0.25, -0.2) is 0 Å². The van der Waals surface area contributed by atoms with Crippen LogP contribution < -0.4 is 11.1 Å². The Balaban J connectivity index is 2.02. The first kappa shape index (κ1) is 15.3. The minimum Gasteiger partial charge on any atom is -0.353 e. The molecule has 0 radical (unpaired) electrons. The van der Waals surface area contributed by atoms with Crippen molar-refractivity contribution in [3.8, 4) is 0 Å². The second-order valence-corrected chi connectivity index (χ2v) is 6.10. The van der Waals surface area contributed by atoms with E-state index in [1.165, 1.54) is 12.8 Å². The molecule has 110 valence electrons. The van der Waals surface area contributed by atoms with Crippen LogP contribution in [0.1, 0.15) is 24.4 Å². The van der Waals surface area contributed by atoms with Crippen molar-refractivity contribution in [3.63, 3.8) is 0 Å². The number of halogens is 1. The van der Waals surface area contributed by atoms with E-state index in [0.717, 1.165) is 5.56 Å². The molecule has 0 spiro atoms. The molecule has 1 aromatic carbocycles. The zero-order chi connectivity index (χ0) is 14.7. The van der Waals surface area contributed by atoms with Gasteiger partial charge in [-0.2, -0.15) is 0 Å². The van der Waals surface area contributed by atoms with Crippen molar-refractivity contribution in [2.75, 3.05) is 20.6 Å². The number of likely N-dealkylation sites (N-methyl/N-ethyl adjacent to an activating group) is 1. The molecule has 2 rings (SSSR count). The summed E-state index contributed by atoms with van der Waals surface area (Å²) in [6, 6.07) is 7.13. The Morgan fingerprint density at radius 3 is 2.75 bits per heavy atom. The fourth-order valence-corrected chi connectivity index (χ4v) is 2.57. The van der Waals surface area contributed by atoms with Crippen molar-refractivity contribution in [2.45, 2.75) is 24.9 Å². The summed E-state index contributed by atoms with van der Waals surface area (Å²) in [5, 5.41) is 3.59. The number of carbonyl (C=O) groups excluding carboxylic acids is 1. The summed E-state index contributed by atoms with van der Waals surface area (Å²) in [7, 11) is 3.76. The summed E-state index contributed by atoms with van der Waals surface area (Å²) < 4.78 is 0.